The quantitative estimate of drug-likeness (QED) is 0.398. The Labute approximate surface area is 168 Å². The molecule has 0 aromatic carbocycles. The predicted octanol–water partition coefficient (Wildman–Crippen LogP) is 5.37. The Bertz CT molecular complexity index is 796. The zero-order chi connectivity index (χ0) is 19.1. The van der Waals surface area contributed by atoms with E-state index < -0.39 is 0 Å². The summed E-state index contributed by atoms with van der Waals surface area (Å²) in [7, 11) is 0. The van der Waals surface area contributed by atoms with Gasteiger partial charge in [-0.2, -0.15) is 0 Å². The fraction of sp³-hybridized carbons (Fsp3) is 0.720. The maximum absolute atomic E-state index is 9.29. The van der Waals surface area contributed by atoms with Gasteiger partial charge in [0.2, 0.25) is 0 Å². The topological polar surface area (TPSA) is 41.8 Å². The van der Waals surface area contributed by atoms with Crippen LogP contribution in [0.5, 0.6) is 0 Å². The van der Waals surface area contributed by atoms with Gasteiger partial charge in [-0.15, -0.1) is 6.58 Å². The summed E-state index contributed by atoms with van der Waals surface area (Å²) in [5.41, 5.74) is 2.78. The van der Waals surface area contributed by atoms with E-state index in [9.17, 15) is 5.21 Å². The molecule has 1 aliphatic heterocycles. The molecule has 28 heavy (non-hydrogen) atoms. The molecule has 0 saturated heterocycles. The number of hydrogen-bond acceptors (Lipinski definition) is 3. The van der Waals surface area contributed by atoms with E-state index in [1.54, 1.807) is 0 Å². The first-order valence-electron chi connectivity index (χ1n) is 11.5. The summed E-state index contributed by atoms with van der Waals surface area (Å²) >= 11 is 0. The van der Waals surface area contributed by atoms with Crippen molar-refractivity contribution >= 4 is 5.71 Å². The summed E-state index contributed by atoms with van der Waals surface area (Å²) in [6.45, 7) is 7.53. The molecule has 0 bridgehead atoms. The molecule has 3 nitrogen and oxygen atoms in total. The summed E-state index contributed by atoms with van der Waals surface area (Å²) < 4.78 is 6.61. The van der Waals surface area contributed by atoms with Gasteiger partial charge >= 0.3 is 0 Å². The van der Waals surface area contributed by atoms with E-state index in [1.165, 1.54) is 31.3 Å². The van der Waals surface area contributed by atoms with E-state index in [0.717, 1.165) is 61.2 Å². The van der Waals surface area contributed by atoms with E-state index in [-0.39, 0.29) is 5.60 Å². The average Bonchev–Trinajstić information content (AvgIpc) is 3.31. The van der Waals surface area contributed by atoms with Crippen LogP contribution in [0.25, 0.3) is 0 Å². The Morgan fingerprint density at radius 1 is 1.36 bits per heavy atom. The number of hydrogen-bond donors (Lipinski definition) is 1. The molecular weight excluding hydrogens is 346 g/mol. The fourth-order valence-corrected chi connectivity index (χ4v) is 9.09. The van der Waals surface area contributed by atoms with E-state index in [4.69, 9.17) is 4.74 Å². The molecule has 1 heterocycles. The molecule has 9 atom stereocenters. The highest BCUT2D eigenvalue weighted by molar-refractivity contribution is 5.96. The third-order valence-electron chi connectivity index (χ3n) is 9.97. The van der Waals surface area contributed by atoms with Crippen LogP contribution in [0.1, 0.15) is 51.9 Å². The first-order chi connectivity index (χ1) is 13.7. The summed E-state index contributed by atoms with van der Waals surface area (Å²) in [6, 6.07) is 0. The number of fused-ring (bicyclic) bond motifs is 9. The smallest absolute Gasteiger partial charge is 0.0957 e. The molecule has 4 saturated carbocycles. The van der Waals surface area contributed by atoms with Crippen LogP contribution < -0.4 is 0 Å². The number of ether oxygens (including phenoxy) is 1. The Balaban J connectivity index is 1.43. The molecule has 0 aromatic heterocycles. The van der Waals surface area contributed by atoms with Gasteiger partial charge in [0.1, 0.15) is 0 Å². The predicted molar refractivity (Wildman–Crippen MR) is 110 cm³/mol. The van der Waals surface area contributed by atoms with Gasteiger partial charge in [-0.05, 0) is 92.4 Å². The van der Waals surface area contributed by atoms with Gasteiger partial charge in [-0.25, -0.2) is 0 Å². The van der Waals surface area contributed by atoms with Gasteiger partial charge in [0.05, 0.1) is 17.9 Å². The molecule has 6 rings (SSSR count). The third kappa shape index (κ3) is 1.92. The second kappa shape index (κ2) is 5.84. The monoisotopic (exact) mass is 379 g/mol. The Morgan fingerprint density at radius 3 is 2.96 bits per heavy atom. The van der Waals surface area contributed by atoms with Crippen LogP contribution in [0.3, 0.4) is 0 Å². The molecule has 6 unspecified atom stereocenters. The summed E-state index contributed by atoms with van der Waals surface area (Å²) in [4.78, 5) is 0. The lowest BCUT2D eigenvalue weighted by molar-refractivity contribution is -0.148. The van der Waals surface area contributed by atoms with Gasteiger partial charge in [-0.3, -0.25) is 0 Å². The molecule has 3 heteroatoms. The van der Waals surface area contributed by atoms with Crippen LogP contribution in [0.15, 0.2) is 41.6 Å². The minimum absolute atomic E-state index is 0.0349. The lowest BCUT2D eigenvalue weighted by Crippen LogP contribution is -2.57. The zero-order valence-electron chi connectivity index (χ0n) is 17.0. The van der Waals surface area contributed by atoms with Crippen molar-refractivity contribution in [1.82, 2.24) is 0 Å². The highest BCUT2D eigenvalue weighted by atomic mass is 16.5. The van der Waals surface area contributed by atoms with Crippen LogP contribution in [0, 0.1) is 46.8 Å². The first kappa shape index (κ1) is 17.5. The Morgan fingerprint density at radius 2 is 2.25 bits per heavy atom. The fourth-order valence-electron chi connectivity index (χ4n) is 9.09. The SMILES string of the molecule is C=CC1CC2=CC(=NO)CC[C@@H]2C2CC[C@@]3(CC)C(C4CC4[C@@]34C=CCO4)C12. The van der Waals surface area contributed by atoms with Crippen LogP contribution in [-0.2, 0) is 4.74 Å². The van der Waals surface area contributed by atoms with Gasteiger partial charge in [0.25, 0.3) is 0 Å². The van der Waals surface area contributed by atoms with Crippen molar-refractivity contribution in [3.8, 4) is 0 Å². The van der Waals surface area contributed by atoms with E-state index in [0.29, 0.717) is 17.3 Å². The molecule has 150 valence electrons. The van der Waals surface area contributed by atoms with Crippen molar-refractivity contribution in [2.75, 3.05) is 6.61 Å². The molecule has 0 radical (unpaired) electrons. The average molecular weight is 380 g/mol. The molecule has 6 aliphatic rings. The molecule has 5 aliphatic carbocycles. The largest absolute Gasteiger partial charge is 0.411 e. The van der Waals surface area contributed by atoms with Crippen molar-refractivity contribution in [3.05, 3.63) is 36.5 Å². The molecule has 4 fully saturated rings. The number of rotatable bonds is 2. The molecule has 1 N–H and O–H groups in total. The van der Waals surface area contributed by atoms with Crippen molar-refractivity contribution in [1.29, 1.82) is 0 Å². The lowest BCUT2D eigenvalue weighted by Gasteiger charge is -2.60. The van der Waals surface area contributed by atoms with Gasteiger partial charge in [0.15, 0.2) is 0 Å². The highest BCUT2D eigenvalue weighted by Crippen LogP contribution is 2.79. The van der Waals surface area contributed by atoms with E-state index in [1.807, 2.05) is 0 Å². The normalized spacial score (nSPS) is 54.7. The van der Waals surface area contributed by atoms with Crippen molar-refractivity contribution in [2.24, 2.45) is 52.0 Å². The van der Waals surface area contributed by atoms with Crippen LogP contribution >= 0.6 is 0 Å². The summed E-state index contributed by atoms with van der Waals surface area (Å²) in [6.07, 6.45) is 17.7. The minimum Gasteiger partial charge on any atom is -0.411 e. The second-order valence-corrected chi connectivity index (χ2v) is 10.4. The standard InChI is InChI=1S/C25H33NO2/c1-3-15-12-16-13-17(26-27)6-7-18(16)19-8-10-24(4-2)23(22(15)19)20-14-21(20)25(24)9-5-11-28-25/h3,5,9,13,15,18-23,27H,1,4,6-8,10-12,14H2,2H3/t15?,18-,19?,20?,21?,22?,23?,24-,25-/m0/s1. The van der Waals surface area contributed by atoms with E-state index >= 15 is 0 Å². The van der Waals surface area contributed by atoms with Crippen molar-refractivity contribution < 1.29 is 9.94 Å². The number of nitrogens with zero attached hydrogens (tertiary/aromatic N) is 1. The van der Waals surface area contributed by atoms with Crippen molar-refractivity contribution in [3.63, 3.8) is 0 Å². The summed E-state index contributed by atoms with van der Waals surface area (Å²) in [5.74, 6) is 5.20. The molecule has 0 aromatic rings. The maximum atomic E-state index is 9.29. The lowest BCUT2D eigenvalue weighted by atomic mass is 9.46. The van der Waals surface area contributed by atoms with Gasteiger partial charge < -0.3 is 9.94 Å². The maximum Gasteiger partial charge on any atom is 0.0957 e. The first-order valence-corrected chi connectivity index (χ1v) is 11.5. The number of allylic oxidation sites excluding steroid dienone is 3. The highest BCUT2D eigenvalue weighted by Gasteiger charge is 2.77. The van der Waals surface area contributed by atoms with E-state index in [2.05, 4.69) is 43.0 Å². The zero-order valence-corrected chi connectivity index (χ0v) is 17.0. The minimum atomic E-state index is 0.0349. The third-order valence-corrected chi connectivity index (χ3v) is 9.97. The van der Waals surface area contributed by atoms with Crippen molar-refractivity contribution in [2.45, 2.75) is 57.5 Å². The van der Waals surface area contributed by atoms with Gasteiger partial charge in [0, 0.05) is 5.41 Å². The second-order valence-electron chi connectivity index (χ2n) is 10.4. The molecule has 0 amide bonds. The number of oxime groups is 1. The Hall–Kier alpha value is -1.35. The van der Waals surface area contributed by atoms with Crippen LogP contribution in [-0.4, -0.2) is 23.1 Å². The van der Waals surface area contributed by atoms with Crippen LogP contribution in [0.4, 0.5) is 0 Å². The van der Waals surface area contributed by atoms with Crippen LogP contribution in [0.2, 0.25) is 0 Å². The van der Waals surface area contributed by atoms with Gasteiger partial charge in [-0.1, -0.05) is 35.9 Å². The molecular formula is C25H33NO2. The summed E-state index contributed by atoms with van der Waals surface area (Å²) in [5, 5.41) is 12.8. The Kier molecular flexibility index (Phi) is 3.65. The molecule has 1 spiro atoms.